The first-order valence-corrected chi connectivity index (χ1v) is 17.3. The van der Waals surface area contributed by atoms with Crippen LogP contribution in [0.25, 0.3) is 20.8 Å². The van der Waals surface area contributed by atoms with Crippen LogP contribution >= 0.6 is 11.3 Å². The summed E-state index contributed by atoms with van der Waals surface area (Å²) in [5.74, 6) is -1.64. The number of halogens is 2. The van der Waals surface area contributed by atoms with Crippen LogP contribution in [0.1, 0.15) is 62.0 Å². The van der Waals surface area contributed by atoms with Gasteiger partial charge in [0.2, 0.25) is 5.95 Å². The van der Waals surface area contributed by atoms with Crippen LogP contribution < -0.4 is 10.6 Å². The van der Waals surface area contributed by atoms with Gasteiger partial charge in [0, 0.05) is 29.3 Å². The van der Waals surface area contributed by atoms with Gasteiger partial charge >= 0.3 is 0 Å². The van der Waals surface area contributed by atoms with Gasteiger partial charge in [0.15, 0.2) is 0 Å². The van der Waals surface area contributed by atoms with Crippen molar-refractivity contribution in [3.05, 3.63) is 59.0 Å². The maximum Gasteiger partial charge on any atom is 0.225 e. The van der Waals surface area contributed by atoms with Crippen molar-refractivity contribution in [1.82, 2.24) is 19.9 Å². The maximum absolute atomic E-state index is 14.5. The molecule has 5 atom stereocenters. The minimum atomic E-state index is -3.40. The van der Waals surface area contributed by atoms with Gasteiger partial charge in [-0.1, -0.05) is 13.0 Å². The number of nitrogens with one attached hydrogen (secondary N) is 2. The molecule has 5 unspecified atom stereocenters. The minimum absolute atomic E-state index is 0.0647. The van der Waals surface area contributed by atoms with Crippen molar-refractivity contribution < 1.29 is 27.4 Å². The molecule has 2 saturated carbocycles. The first kappa shape index (κ1) is 30.7. The maximum atomic E-state index is 14.5. The molecular formula is C30H34F2N6O4S2. The van der Waals surface area contributed by atoms with Gasteiger partial charge in [-0.05, 0) is 51.3 Å². The van der Waals surface area contributed by atoms with Gasteiger partial charge < -0.3 is 20.8 Å². The highest BCUT2D eigenvalue weighted by Crippen LogP contribution is 2.45. The fourth-order valence-electron chi connectivity index (χ4n) is 5.88. The lowest BCUT2D eigenvalue weighted by atomic mass is 10.1. The van der Waals surface area contributed by atoms with Crippen LogP contribution in [0.3, 0.4) is 0 Å². The Morgan fingerprint density at radius 2 is 1.82 bits per heavy atom. The fraction of sp³-hybridized carbons (Fsp3) is 0.467. The average molecular weight is 645 g/mol. The van der Waals surface area contributed by atoms with Crippen LogP contribution in [0.5, 0.6) is 0 Å². The zero-order valence-corrected chi connectivity index (χ0v) is 26.1. The summed E-state index contributed by atoms with van der Waals surface area (Å²) in [5.41, 5.74) is 2.69. The van der Waals surface area contributed by atoms with Crippen molar-refractivity contribution in [2.75, 3.05) is 22.1 Å². The number of rotatable bonds is 10. The summed E-state index contributed by atoms with van der Waals surface area (Å²) in [6, 6.07) is 3.99. The molecule has 44 heavy (non-hydrogen) atoms. The minimum Gasteiger partial charge on any atom is -0.390 e. The van der Waals surface area contributed by atoms with Crippen molar-refractivity contribution in [1.29, 1.82) is 0 Å². The van der Waals surface area contributed by atoms with Crippen LogP contribution in [-0.4, -0.2) is 68.3 Å². The second-order valence-electron chi connectivity index (χ2n) is 11.6. The van der Waals surface area contributed by atoms with E-state index in [4.69, 9.17) is 4.98 Å². The monoisotopic (exact) mass is 644 g/mol. The Balaban J connectivity index is 1.39. The summed E-state index contributed by atoms with van der Waals surface area (Å²) in [5, 5.41) is 28.6. The van der Waals surface area contributed by atoms with Gasteiger partial charge in [0.25, 0.3) is 0 Å². The molecule has 0 amide bonds. The lowest BCUT2D eigenvalue weighted by molar-refractivity contribution is 0.0216. The lowest BCUT2D eigenvalue weighted by Crippen LogP contribution is -2.36. The third-order valence-electron chi connectivity index (χ3n) is 8.41. The van der Waals surface area contributed by atoms with Crippen molar-refractivity contribution in [2.45, 2.75) is 70.2 Å². The predicted molar refractivity (Wildman–Crippen MR) is 165 cm³/mol. The van der Waals surface area contributed by atoms with Crippen LogP contribution in [0.4, 0.5) is 20.5 Å². The van der Waals surface area contributed by atoms with Crippen LogP contribution in [0, 0.1) is 24.5 Å². The first-order chi connectivity index (χ1) is 21.0. The molecule has 3 aromatic heterocycles. The van der Waals surface area contributed by atoms with Crippen molar-refractivity contribution >= 4 is 43.2 Å². The van der Waals surface area contributed by atoms with Gasteiger partial charge in [-0.3, -0.25) is 4.98 Å². The van der Waals surface area contributed by atoms with Crippen molar-refractivity contribution in [3.63, 3.8) is 0 Å². The summed E-state index contributed by atoms with van der Waals surface area (Å²) in [6.07, 6.45) is 1.56. The van der Waals surface area contributed by atoms with E-state index in [2.05, 4.69) is 25.6 Å². The highest BCUT2D eigenvalue weighted by molar-refractivity contribution is 7.91. The fourth-order valence-corrected chi connectivity index (χ4v) is 8.17. The topological polar surface area (TPSA) is 150 Å². The Bertz CT molecular complexity index is 1800. The van der Waals surface area contributed by atoms with E-state index in [0.29, 0.717) is 22.2 Å². The third-order valence-corrected chi connectivity index (χ3v) is 11.3. The SMILES string of the molecule is CCS(=O)(=O)CC1CC(Nc2nc(NC(C)c3c(F)cccc3F)nc(C)c2-c2nc3c(C4CC4)nccc3s2)C(O)C1O. The normalized spacial score (nSPS) is 22.8. The van der Waals surface area contributed by atoms with Gasteiger partial charge in [0.1, 0.15) is 43.9 Å². The molecule has 234 valence electrons. The van der Waals surface area contributed by atoms with E-state index < -0.39 is 51.7 Å². The molecule has 1 aromatic carbocycles. The number of sulfone groups is 1. The number of thiazole rings is 1. The zero-order chi connectivity index (χ0) is 31.3. The molecule has 4 N–H and O–H groups in total. The van der Waals surface area contributed by atoms with E-state index >= 15 is 0 Å². The summed E-state index contributed by atoms with van der Waals surface area (Å²) >= 11 is 1.45. The second kappa shape index (κ2) is 11.9. The number of fused-ring (bicyclic) bond motifs is 1. The average Bonchev–Trinajstić information content (AvgIpc) is 3.67. The van der Waals surface area contributed by atoms with E-state index in [-0.39, 0.29) is 35.3 Å². The second-order valence-corrected chi connectivity index (χ2v) is 15.0. The number of pyridine rings is 1. The molecule has 2 aliphatic carbocycles. The molecule has 0 saturated heterocycles. The van der Waals surface area contributed by atoms with Gasteiger partial charge in [0.05, 0.1) is 45.6 Å². The van der Waals surface area contributed by atoms with E-state index in [9.17, 15) is 27.4 Å². The number of aliphatic hydroxyl groups excluding tert-OH is 2. The molecule has 0 spiro atoms. The first-order valence-electron chi connectivity index (χ1n) is 14.6. The molecule has 2 aliphatic rings. The Morgan fingerprint density at radius 1 is 1.09 bits per heavy atom. The number of benzene rings is 1. The van der Waals surface area contributed by atoms with E-state index in [1.807, 2.05) is 6.07 Å². The molecule has 3 heterocycles. The number of hydrogen-bond acceptors (Lipinski definition) is 11. The molecule has 2 fully saturated rings. The van der Waals surface area contributed by atoms with Crippen LogP contribution in [0.15, 0.2) is 30.5 Å². The summed E-state index contributed by atoms with van der Waals surface area (Å²) in [6.45, 7) is 4.91. The number of aryl methyl sites for hydroxylation is 1. The van der Waals surface area contributed by atoms with Crippen molar-refractivity contribution in [3.8, 4) is 10.6 Å². The van der Waals surface area contributed by atoms with E-state index in [1.54, 1.807) is 27.0 Å². The molecule has 4 aromatic rings. The van der Waals surface area contributed by atoms with Gasteiger partial charge in [-0.2, -0.15) is 4.98 Å². The smallest absolute Gasteiger partial charge is 0.225 e. The highest BCUT2D eigenvalue weighted by atomic mass is 32.2. The molecule has 0 radical (unpaired) electrons. The lowest BCUT2D eigenvalue weighted by Gasteiger charge is -2.22. The Hall–Kier alpha value is -3.33. The van der Waals surface area contributed by atoms with Crippen LogP contribution in [-0.2, 0) is 9.84 Å². The number of anilines is 2. The Labute approximate surface area is 257 Å². The number of nitrogens with zero attached hydrogens (tertiary/aromatic N) is 4. The summed E-state index contributed by atoms with van der Waals surface area (Å²) < 4.78 is 54.7. The number of hydrogen-bond donors (Lipinski definition) is 4. The number of aromatic nitrogens is 4. The van der Waals surface area contributed by atoms with E-state index in [1.165, 1.54) is 29.5 Å². The predicted octanol–water partition coefficient (Wildman–Crippen LogP) is 4.74. The molecular weight excluding hydrogens is 610 g/mol. The zero-order valence-electron chi connectivity index (χ0n) is 24.5. The van der Waals surface area contributed by atoms with Gasteiger partial charge in [-0.15, -0.1) is 11.3 Å². The standard InChI is InChI=1S/C30H34F2N6O4S2/c1-4-44(41,42)13-17-12-20(27(40)26(17)39)36-28-23(29-37-25-21(43-29)10-11-33-24(25)16-8-9-16)15(3)35-30(38-28)34-14(2)22-18(31)6-5-7-19(22)32/h5-7,10-11,14,16-17,20,26-27,39-40H,4,8-9,12-13H2,1-3H3,(H2,34,35,36,38). The van der Waals surface area contributed by atoms with Crippen molar-refractivity contribution in [2.24, 2.45) is 5.92 Å². The molecule has 14 heteroatoms. The molecule has 6 rings (SSSR count). The highest BCUT2D eigenvalue weighted by Gasteiger charge is 2.43. The van der Waals surface area contributed by atoms with E-state index in [0.717, 1.165) is 28.8 Å². The Kier molecular flexibility index (Phi) is 8.28. The molecule has 10 nitrogen and oxygen atoms in total. The largest absolute Gasteiger partial charge is 0.390 e. The summed E-state index contributed by atoms with van der Waals surface area (Å²) in [4.78, 5) is 18.8. The summed E-state index contributed by atoms with van der Waals surface area (Å²) in [7, 11) is -3.40. The molecule has 0 bridgehead atoms. The van der Waals surface area contributed by atoms with Gasteiger partial charge in [-0.25, -0.2) is 27.2 Å². The quantitative estimate of drug-likeness (QED) is 0.191. The number of aliphatic hydroxyl groups is 2. The van der Waals surface area contributed by atoms with Crippen LogP contribution in [0.2, 0.25) is 0 Å². The molecule has 0 aliphatic heterocycles. The third kappa shape index (κ3) is 6.00. The Morgan fingerprint density at radius 3 is 2.50 bits per heavy atom.